The SMILES string of the molecule is NC1=NCc2c(ccc(Cl)c2Cl)N1.O=C(NC1=NCc2c(ccc(Cl)c2Cl)N1)C(O)O.O=CC(=O)NC1=NCc2c(ccc(Cl)c2Cl)N1.O=CC(=O)NC1=NCc2c(ccc(Cl)c2Cl)N1.O=CC(=O)O.[B]. The predicted octanol–water partition coefficient (Wildman–Crippen LogP) is 5.00. The van der Waals surface area contributed by atoms with Gasteiger partial charge in [-0.3, -0.25) is 44.7 Å². The van der Waals surface area contributed by atoms with E-state index >= 15 is 0 Å². The smallest absolute Gasteiger partial charge is 0.368 e. The highest BCUT2D eigenvalue weighted by Crippen LogP contribution is 2.36. The van der Waals surface area contributed by atoms with Gasteiger partial charge in [0.1, 0.15) is 0 Å². The molecule has 8 rings (SSSR count). The van der Waals surface area contributed by atoms with E-state index in [0.29, 0.717) is 75.3 Å². The number of anilines is 4. The average molecular weight is 1140 g/mol. The molecule has 0 unspecified atom stereocenters. The molecule has 0 aliphatic carbocycles. The van der Waals surface area contributed by atoms with Crippen LogP contribution >= 0.6 is 92.8 Å². The summed E-state index contributed by atoms with van der Waals surface area (Å²) in [7, 11) is 0. The van der Waals surface area contributed by atoms with Crippen LogP contribution in [0.3, 0.4) is 0 Å². The van der Waals surface area contributed by atoms with Crippen molar-refractivity contribution in [3.05, 3.63) is 111 Å². The number of fused-ring (bicyclic) bond motifs is 4. The second kappa shape index (κ2) is 28.0. The Hall–Kier alpha value is -6.25. The lowest BCUT2D eigenvalue weighted by Gasteiger charge is -2.20. The van der Waals surface area contributed by atoms with Gasteiger partial charge in [-0.15, -0.1) is 0 Å². The third-order valence-corrected chi connectivity index (χ3v) is 12.0. The second-order valence-electron chi connectivity index (χ2n) is 13.3. The second-order valence-corrected chi connectivity index (χ2v) is 16.4. The molecule has 4 aliphatic heterocycles. The Labute approximate surface area is 442 Å². The molecule has 0 aromatic heterocycles. The van der Waals surface area contributed by atoms with Crippen molar-refractivity contribution in [2.75, 3.05) is 21.3 Å². The van der Waals surface area contributed by atoms with Crippen LogP contribution in [-0.2, 0) is 59.7 Å². The Morgan fingerprint density at radius 1 is 0.507 bits per heavy atom. The first-order chi connectivity index (χ1) is 33.2. The van der Waals surface area contributed by atoms with Gasteiger partial charge in [0, 0.05) is 53.4 Å². The highest BCUT2D eigenvalue weighted by Gasteiger charge is 2.21. The molecule has 371 valence electrons. The molecule has 4 aromatic rings. The van der Waals surface area contributed by atoms with Crippen LogP contribution in [0.5, 0.6) is 0 Å². The van der Waals surface area contributed by atoms with Gasteiger partial charge < -0.3 is 42.3 Å². The third kappa shape index (κ3) is 17.0. The third-order valence-electron chi connectivity index (χ3n) is 8.67. The lowest BCUT2D eigenvalue weighted by molar-refractivity contribution is -0.145. The monoisotopic (exact) mass is 1130 g/mol. The fraction of sp³-hybridized carbons (Fsp3) is 0.125. The Morgan fingerprint density at radius 3 is 1.07 bits per heavy atom. The van der Waals surface area contributed by atoms with E-state index in [4.69, 9.17) is 123 Å². The molecular formula is C40H32BCl8N12O10. The summed E-state index contributed by atoms with van der Waals surface area (Å²) in [5.41, 5.74) is 11.6. The first-order valence-electron chi connectivity index (χ1n) is 18.9. The number of hydrogen-bond donors (Lipinski definition) is 11. The molecule has 22 nitrogen and oxygen atoms in total. The number of hydrogen-bond acceptors (Lipinski definition) is 18. The number of rotatable bonds is 4. The molecule has 31 heteroatoms. The van der Waals surface area contributed by atoms with E-state index in [0.717, 1.165) is 22.4 Å². The van der Waals surface area contributed by atoms with Gasteiger partial charge in [0.2, 0.25) is 43.0 Å². The zero-order valence-electron chi connectivity index (χ0n) is 35.4. The Kier molecular flexibility index (Phi) is 23.3. The minimum atomic E-state index is -2.09. The number of guanidine groups is 4. The van der Waals surface area contributed by atoms with Crippen LogP contribution in [0.25, 0.3) is 0 Å². The molecule has 3 amide bonds. The van der Waals surface area contributed by atoms with Crippen molar-refractivity contribution in [1.82, 2.24) is 16.0 Å². The predicted molar refractivity (Wildman–Crippen MR) is 273 cm³/mol. The number of amides is 3. The summed E-state index contributed by atoms with van der Waals surface area (Å²) in [5.74, 6) is -2.96. The number of nitrogens with two attached hydrogens (primary N) is 1. The largest absolute Gasteiger partial charge is 0.476 e. The lowest BCUT2D eigenvalue weighted by Crippen LogP contribution is -2.43. The fourth-order valence-corrected chi connectivity index (χ4v) is 7.07. The van der Waals surface area contributed by atoms with Crippen LogP contribution in [0, 0.1) is 0 Å². The molecule has 0 saturated carbocycles. The number of carboxylic acid groups (broad SMARTS) is 1. The Bertz CT molecular complexity index is 2780. The quantitative estimate of drug-likeness (QED) is 0.0554. The minimum Gasteiger partial charge on any atom is -0.476 e. The van der Waals surface area contributed by atoms with E-state index in [1.165, 1.54) is 0 Å². The number of halogens is 8. The van der Waals surface area contributed by atoms with E-state index in [-0.39, 0.29) is 64.8 Å². The number of carboxylic acids is 1. The maximum Gasteiger partial charge on any atom is 0.368 e. The highest BCUT2D eigenvalue weighted by molar-refractivity contribution is 6.45. The Morgan fingerprint density at radius 2 is 0.789 bits per heavy atom. The molecule has 4 aromatic carbocycles. The van der Waals surface area contributed by atoms with Crippen molar-refractivity contribution >= 4 is 190 Å². The molecule has 0 atom stereocenters. The van der Waals surface area contributed by atoms with Crippen LogP contribution in [0.1, 0.15) is 22.3 Å². The summed E-state index contributed by atoms with van der Waals surface area (Å²) >= 11 is 47.4. The van der Waals surface area contributed by atoms with Gasteiger partial charge in [0.15, 0.2) is 5.96 Å². The van der Waals surface area contributed by atoms with Gasteiger partial charge in [-0.05, 0) is 48.5 Å². The molecule has 12 N–H and O–H groups in total. The number of nitrogens with one attached hydrogen (secondary N) is 7. The number of aliphatic carboxylic acids is 1. The van der Waals surface area contributed by atoms with Gasteiger partial charge in [-0.1, -0.05) is 92.8 Å². The number of carbonyl (C=O) groups excluding carboxylic acids is 6. The maximum absolute atomic E-state index is 11.1. The molecule has 0 bridgehead atoms. The van der Waals surface area contributed by atoms with E-state index in [9.17, 15) is 24.0 Å². The summed E-state index contributed by atoms with van der Waals surface area (Å²) in [5, 5.41) is 46.5. The summed E-state index contributed by atoms with van der Waals surface area (Å²) < 4.78 is 0. The minimum absolute atomic E-state index is 0. The van der Waals surface area contributed by atoms with E-state index in [1.807, 2.05) is 6.07 Å². The molecule has 0 fully saturated rings. The molecule has 71 heavy (non-hydrogen) atoms. The van der Waals surface area contributed by atoms with Crippen molar-refractivity contribution in [3.8, 4) is 0 Å². The number of aliphatic hydroxyl groups excluding tert-OH is 1. The topological polar surface area (TPSA) is 340 Å². The van der Waals surface area contributed by atoms with Crippen LogP contribution in [0.4, 0.5) is 22.7 Å². The van der Waals surface area contributed by atoms with Gasteiger partial charge in [-0.2, -0.15) is 0 Å². The fourth-order valence-electron chi connectivity index (χ4n) is 5.46. The van der Waals surface area contributed by atoms with Gasteiger partial charge in [-0.25, -0.2) is 24.8 Å². The van der Waals surface area contributed by atoms with E-state index in [2.05, 4.69) is 57.2 Å². The number of benzene rings is 4. The van der Waals surface area contributed by atoms with Crippen molar-refractivity contribution in [1.29, 1.82) is 0 Å². The van der Waals surface area contributed by atoms with Crippen molar-refractivity contribution in [2.24, 2.45) is 25.7 Å². The summed E-state index contributed by atoms with van der Waals surface area (Å²) in [6.07, 6.45) is -1.91. The van der Waals surface area contributed by atoms with Gasteiger partial charge in [0.25, 0.3) is 17.7 Å². The molecule has 4 aliphatic rings. The molecule has 4 heterocycles. The molecular weight excluding hydrogens is 1100 g/mol. The van der Waals surface area contributed by atoms with E-state index in [1.54, 1.807) is 42.5 Å². The Balaban J connectivity index is 0.000000242. The molecule has 3 radical (unpaired) electrons. The normalized spacial score (nSPS) is 12.9. The first-order valence-corrected chi connectivity index (χ1v) is 22.0. The highest BCUT2D eigenvalue weighted by atomic mass is 35.5. The lowest BCUT2D eigenvalue weighted by atomic mass is 10.1. The van der Waals surface area contributed by atoms with Crippen molar-refractivity contribution < 1.29 is 48.9 Å². The van der Waals surface area contributed by atoms with Gasteiger partial charge in [0.05, 0.1) is 66.4 Å². The molecule has 0 saturated heterocycles. The van der Waals surface area contributed by atoms with E-state index < -0.39 is 30.0 Å². The summed E-state index contributed by atoms with van der Waals surface area (Å²) in [6, 6.07) is 13.6. The van der Waals surface area contributed by atoms with Crippen LogP contribution in [-0.4, -0.2) is 96.4 Å². The summed E-state index contributed by atoms with van der Waals surface area (Å²) in [6.45, 7) is 1.29. The number of aliphatic imine (C=N–C) groups is 4. The van der Waals surface area contributed by atoms with Crippen LogP contribution in [0.15, 0.2) is 68.5 Å². The maximum atomic E-state index is 11.1. The van der Waals surface area contributed by atoms with Crippen molar-refractivity contribution in [3.63, 3.8) is 0 Å². The number of nitrogens with zero attached hydrogens (tertiary/aromatic N) is 4. The number of aliphatic hydroxyl groups is 2. The zero-order chi connectivity index (χ0) is 51.8. The van der Waals surface area contributed by atoms with Crippen LogP contribution < -0.4 is 43.0 Å². The van der Waals surface area contributed by atoms with Crippen molar-refractivity contribution in [2.45, 2.75) is 32.5 Å². The zero-order valence-corrected chi connectivity index (χ0v) is 41.5. The molecule has 0 spiro atoms. The number of aldehydes is 3. The number of carbonyl (C=O) groups is 7. The van der Waals surface area contributed by atoms with Gasteiger partial charge >= 0.3 is 5.97 Å². The average Bonchev–Trinajstić information content (AvgIpc) is 3.34. The standard InChI is InChI=1S/C10H9Cl2N3O3.2C10H7Cl2N3O2.C8H7Cl2N3.C2H2O3.B/c11-5-1-2-6-4(7(5)12)3-13-10(14-6)15-8(16)9(17)18;2*11-6-1-2-7-5(9(6)12)3-13-10(14-7)15-8(17)4-16;9-5-1-2-6-4(7(5)10)3-12-8(11)13-6;3-1-2(4)5;/h1-2,9,17-18H,3H2,(H2,13,14,15,16);2*1-2,4H,3H2,(H2,13,14,15,17);1-2H,3H2,(H3,11,12,13);1H,(H,4,5);. The van der Waals surface area contributed by atoms with Crippen LogP contribution in [0.2, 0.25) is 40.2 Å². The first kappa shape index (κ1) is 59.1. The summed E-state index contributed by atoms with van der Waals surface area (Å²) in [4.78, 5) is 87.2.